The summed E-state index contributed by atoms with van der Waals surface area (Å²) in [6.45, 7) is 0. The molecule has 0 heterocycles. The summed E-state index contributed by atoms with van der Waals surface area (Å²) in [6, 6.07) is -0.209. The zero-order chi connectivity index (χ0) is 6.85. The van der Waals surface area contributed by atoms with Gasteiger partial charge in [-0.15, -0.1) is 0 Å². The molecular weight excluding hydrogens is 185 g/mol. The molecule has 0 aromatic rings. The van der Waals surface area contributed by atoms with Crippen molar-refractivity contribution in [2.45, 2.75) is 36.3 Å². The lowest BCUT2D eigenvalue weighted by Crippen LogP contribution is -2.37. The largest absolute Gasteiger partial charge is 0.325 e. The van der Waals surface area contributed by atoms with Crippen molar-refractivity contribution in [2.24, 2.45) is 5.73 Å². The molecule has 1 fully saturated rings. The van der Waals surface area contributed by atoms with E-state index in [0.717, 1.165) is 12.8 Å². The van der Waals surface area contributed by atoms with Gasteiger partial charge in [0.2, 0.25) is 0 Å². The van der Waals surface area contributed by atoms with Crippen LogP contribution in [0.25, 0.3) is 0 Å². The molecule has 1 nitrogen and oxygen atoms in total. The van der Waals surface area contributed by atoms with E-state index in [9.17, 15) is 4.39 Å². The maximum Gasteiger partial charge on any atom is 0.116 e. The van der Waals surface area contributed by atoms with Crippen LogP contribution in [0.4, 0.5) is 4.39 Å². The molecule has 0 aromatic heterocycles. The van der Waals surface area contributed by atoms with Gasteiger partial charge in [-0.2, -0.15) is 0 Å². The summed E-state index contributed by atoms with van der Waals surface area (Å²) in [4.78, 5) is 0.354. The van der Waals surface area contributed by atoms with Crippen LogP contribution in [0, 0.1) is 0 Å². The quantitative estimate of drug-likeness (QED) is 0.585. The molecule has 3 heteroatoms. The zero-order valence-corrected chi connectivity index (χ0v) is 6.77. The third-order valence-corrected chi connectivity index (χ3v) is 2.59. The Morgan fingerprint density at radius 3 is 2.56 bits per heavy atom. The molecule has 0 aromatic carbocycles. The summed E-state index contributed by atoms with van der Waals surface area (Å²) < 4.78 is 12.7. The van der Waals surface area contributed by atoms with Crippen LogP contribution >= 0.6 is 15.9 Å². The maximum atomic E-state index is 12.7. The summed E-state index contributed by atoms with van der Waals surface area (Å²) in [5.74, 6) is 0. The highest BCUT2D eigenvalue weighted by molar-refractivity contribution is 9.09. The van der Waals surface area contributed by atoms with Gasteiger partial charge in [-0.05, 0) is 19.3 Å². The molecule has 3 atom stereocenters. The van der Waals surface area contributed by atoms with Crippen LogP contribution in [0.2, 0.25) is 0 Å². The molecular formula is C6H11BrFN. The van der Waals surface area contributed by atoms with E-state index in [-0.39, 0.29) is 6.04 Å². The molecule has 0 amide bonds. The van der Waals surface area contributed by atoms with Gasteiger partial charge in [0.25, 0.3) is 0 Å². The lowest BCUT2D eigenvalue weighted by molar-refractivity contribution is 0.224. The monoisotopic (exact) mass is 195 g/mol. The Balaban J connectivity index is 2.35. The summed E-state index contributed by atoms with van der Waals surface area (Å²) in [5, 5.41) is 0. The Morgan fingerprint density at radius 1 is 1.44 bits per heavy atom. The number of rotatable bonds is 0. The number of halogens is 2. The minimum absolute atomic E-state index is 0.209. The van der Waals surface area contributed by atoms with Crippen molar-refractivity contribution in [3.05, 3.63) is 0 Å². The summed E-state index contributed by atoms with van der Waals surface area (Å²) in [7, 11) is 0. The molecule has 1 saturated carbocycles. The Hall–Kier alpha value is 0.370. The molecule has 0 spiro atoms. The van der Waals surface area contributed by atoms with Crippen LogP contribution in [0.3, 0.4) is 0 Å². The average molecular weight is 196 g/mol. The summed E-state index contributed by atoms with van der Waals surface area (Å²) >= 11 is 3.36. The number of hydrogen-bond acceptors (Lipinski definition) is 1. The number of nitrogens with two attached hydrogens (primary N) is 1. The first-order valence-corrected chi connectivity index (χ1v) is 4.15. The van der Waals surface area contributed by atoms with E-state index >= 15 is 0 Å². The Bertz CT molecular complexity index is 99.1. The molecule has 0 aliphatic heterocycles. The van der Waals surface area contributed by atoms with Gasteiger partial charge in [-0.25, -0.2) is 4.39 Å². The molecule has 54 valence electrons. The molecule has 1 aliphatic carbocycles. The van der Waals surface area contributed by atoms with E-state index in [4.69, 9.17) is 5.73 Å². The van der Waals surface area contributed by atoms with E-state index in [1.807, 2.05) is 0 Å². The van der Waals surface area contributed by atoms with Crippen molar-refractivity contribution < 1.29 is 4.39 Å². The fraction of sp³-hybridized carbons (Fsp3) is 1.00. The van der Waals surface area contributed by atoms with Crippen LogP contribution in [0.15, 0.2) is 0 Å². The number of alkyl halides is 2. The molecule has 9 heavy (non-hydrogen) atoms. The minimum atomic E-state index is -0.789. The van der Waals surface area contributed by atoms with Gasteiger partial charge >= 0.3 is 0 Å². The fourth-order valence-corrected chi connectivity index (χ4v) is 1.71. The van der Waals surface area contributed by atoms with Gasteiger partial charge in [0, 0.05) is 10.9 Å². The van der Waals surface area contributed by atoms with Gasteiger partial charge in [0.05, 0.1) is 0 Å². The van der Waals surface area contributed by atoms with Crippen LogP contribution in [0.5, 0.6) is 0 Å². The molecule has 1 rings (SSSR count). The van der Waals surface area contributed by atoms with Crippen molar-refractivity contribution in [2.75, 3.05) is 0 Å². The van der Waals surface area contributed by atoms with E-state index in [0.29, 0.717) is 11.2 Å². The van der Waals surface area contributed by atoms with Gasteiger partial charge in [0.1, 0.15) is 6.17 Å². The second-order valence-corrected chi connectivity index (χ2v) is 3.89. The maximum absolute atomic E-state index is 12.7. The highest BCUT2D eigenvalue weighted by Gasteiger charge is 2.25. The highest BCUT2D eigenvalue weighted by atomic mass is 79.9. The smallest absolute Gasteiger partial charge is 0.116 e. The standard InChI is InChI=1S/C6H11BrFN/c7-4-1-2-6(9)5(8)3-4/h4-6H,1-3,9H2/t4-,5+,6-/m1/s1. The van der Waals surface area contributed by atoms with Crippen LogP contribution < -0.4 is 5.73 Å². The van der Waals surface area contributed by atoms with Gasteiger partial charge < -0.3 is 5.73 Å². The second-order valence-electron chi connectivity index (χ2n) is 2.59. The minimum Gasteiger partial charge on any atom is -0.325 e. The molecule has 0 saturated heterocycles. The average Bonchev–Trinajstić information content (AvgIpc) is 1.80. The third-order valence-electron chi connectivity index (χ3n) is 1.76. The van der Waals surface area contributed by atoms with E-state index < -0.39 is 6.17 Å². The predicted molar refractivity (Wildman–Crippen MR) is 39.4 cm³/mol. The van der Waals surface area contributed by atoms with E-state index in [2.05, 4.69) is 15.9 Å². The van der Waals surface area contributed by atoms with Crippen LogP contribution in [-0.2, 0) is 0 Å². The predicted octanol–water partition coefficient (Wildman–Crippen LogP) is 1.60. The Morgan fingerprint density at radius 2 is 2.11 bits per heavy atom. The van der Waals surface area contributed by atoms with Crippen molar-refractivity contribution >= 4 is 15.9 Å². The first-order valence-electron chi connectivity index (χ1n) is 3.24. The first-order chi connectivity index (χ1) is 4.20. The Labute approximate surface area is 62.9 Å². The fourth-order valence-electron chi connectivity index (χ4n) is 1.09. The third kappa shape index (κ3) is 1.90. The van der Waals surface area contributed by atoms with E-state index in [1.165, 1.54) is 0 Å². The lowest BCUT2D eigenvalue weighted by atomic mass is 9.94. The molecule has 0 radical (unpaired) electrons. The summed E-state index contributed by atoms with van der Waals surface area (Å²) in [6.07, 6.45) is 1.63. The van der Waals surface area contributed by atoms with Gasteiger partial charge in [-0.1, -0.05) is 15.9 Å². The molecule has 0 bridgehead atoms. The molecule has 2 N–H and O–H groups in total. The van der Waals surface area contributed by atoms with Crippen molar-refractivity contribution in [3.63, 3.8) is 0 Å². The van der Waals surface area contributed by atoms with Gasteiger partial charge in [0.15, 0.2) is 0 Å². The number of hydrogen-bond donors (Lipinski definition) is 1. The van der Waals surface area contributed by atoms with Crippen LogP contribution in [-0.4, -0.2) is 17.0 Å². The second kappa shape index (κ2) is 2.97. The van der Waals surface area contributed by atoms with Crippen LogP contribution in [0.1, 0.15) is 19.3 Å². The van der Waals surface area contributed by atoms with E-state index in [1.54, 1.807) is 0 Å². The normalized spacial score (nSPS) is 45.0. The lowest BCUT2D eigenvalue weighted by Gasteiger charge is -2.25. The Kier molecular flexibility index (Phi) is 2.47. The van der Waals surface area contributed by atoms with Gasteiger partial charge in [-0.3, -0.25) is 0 Å². The molecule has 0 unspecified atom stereocenters. The van der Waals surface area contributed by atoms with Crippen molar-refractivity contribution in [3.8, 4) is 0 Å². The van der Waals surface area contributed by atoms with Crippen molar-refractivity contribution in [1.82, 2.24) is 0 Å². The highest BCUT2D eigenvalue weighted by Crippen LogP contribution is 2.25. The topological polar surface area (TPSA) is 26.0 Å². The van der Waals surface area contributed by atoms with Crippen molar-refractivity contribution in [1.29, 1.82) is 0 Å². The SMILES string of the molecule is N[C@@H]1CC[C@@H](Br)C[C@@H]1F. The summed E-state index contributed by atoms with van der Waals surface area (Å²) in [5.41, 5.74) is 5.44. The first kappa shape index (κ1) is 7.48. The molecule has 1 aliphatic rings. The zero-order valence-electron chi connectivity index (χ0n) is 5.19.